The van der Waals surface area contributed by atoms with E-state index < -0.39 is 0 Å². The maximum atomic E-state index is 11.8. The fourth-order valence-corrected chi connectivity index (χ4v) is 2.90. The molecule has 1 aromatic carbocycles. The molecule has 86 valence electrons. The van der Waals surface area contributed by atoms with Crippen molar-refractivity contribution in [3.63, 3.8) is 0 Å². The van der Waals surface area contributed by atoms with Crippen LogP contribution in [0.25, 0.3) is 10.2 Å². The van der Waals surface area contributed by atoms with E-state index in [1.165, 1.54) is 16.9 Å². The molecule has 0 aliphatic heterocycles. The third-order valence-electron chi connectivity index (χ3n) is 2.69. The number of hydrogen-bond acceptors (Lipinski definition) is 3. The van der Waals surface area contributed by atoms with E-state index in [4.69, 9.17) is 5.73 Å². The summed E-state index contributed by atoms with van der Waals surface area (Å²) in [6, 6.07) is 6.10. The summed E-state index contributed by atoms with van der Waals surface area (Å²) in [7, 11) is 0. The molecule has 0 aliphatic rings. The summed E-state index contributed by atoms with van der Waals surface area (Å²) in [5.74, 6) is 0.418. The van der Waals surface area contributed by atoms with E-state index in [0.717, 1.165) is 10.2 Å². The molecule has 2 rings (SSSR count). The van der Waals surface area contributed by atoms with Gasteiger partial charge < -0.3 is 5.73 Å². The fourth-order valence-electron chi connectivity index (χ4n) is 1.95. The lowest BCUT2D eigenvalue weighted by molar-refractivity contribution is 0.714. The van der Waals surface area contributed by atoms with Gasteiger partial charge in [0.1, 0.15) is 0 Å². The first-order valence-corrected chi connectivity index (χ1v) is 6.29. The van der Waals surface area contributed by atoms with Gasteiger partial charge in [-0.05, 0) is 17.5 Å². The fraction of sp³-hybridized carbons (Fsp3) is 0.417. The molecule has 1 heterocycles. The topological polar surface area (TPSA) is 48.0 Å². The van der Waals surface area contributed by atoms with Crippen LogP contribution in [0.4, 0.5) is 0 Å². The van der Waals surface area contributed by atoms with Crippen molar-refractivity contribution in [3.8, 4) is 0 Å². The van der Waals surface area contributed by atoms with Crippen LogP contribution in [0.3, 0.4) is 0 Å². The number of para-hydroxylation sites is 1. The molecule has 0 atom stereocenters. The third-order valence-corrected chi connectivity index (χ3v) is 3.64. The Balaban J connectivity index is 2.77. The summed E-state index contributed by atoms with van der Waals surface area (Å²) in [6.07, 6.45) is 0. The Morgan fingerprint density at radius 2 is 2.19 bits per heavy atom. The zero-order chi connectivity index (χ0) is 11.7. The van der Waals surface area contributed by atoms with Gasteiger partial charge in [0.15, 0.2) is 0 Å². The molecular weight excluding hydrogens is 220 g/mol. The highest BCUT2D eigenvalue weighted by molar-refractivity contribution is 7.16. The van der Waals surface area contributed by atoms with Crippen molar-refractivity contribution in [2.75, 3.05) is 6.54 Å². The molecule has 4 heteroatoms. The molecule has 0 radical (unpaired) electrons. The first-order chi connectivity index (χ1) is 7.65. The van der Waals surface area contributed by atoms with Crippen molar-refractivity contribution >= 4 is 21.6 Å². The van der Waals surface area contributed by atoms with E-state index in [1.807, 2.05) is 12.1 Å². The van der Waals surface area contributed by atoms with Crippen molar-refractivity contribution < 1.29 is 0 Å². The summed E-state index contributed by atoms with van der Waals surface area (Å²) in [5, 5.41) is 0. The smallest absolute Gasteiger partial charge is 0.308 e. The minimum Gasteiger partial charge on any atom is -0.329 e. The number of hydrogen-bond donors (Lipinski definition) is 1. The van der Waals surface area contributed by atoms with Gasteiger partial charge in [-0.3, -0.25) is 9.36 Å². The van der Waals surface area contributed by atoms with Crippen molar-refractivity contribution in [2.45, 2.75) is 26.3 Å². The molecule has 0 spiro atoms. The van der Waals surface area contributed by atoms with Crippen molar-refractivity contribution in [2.24, 2.45) is 5.73 Å². The lowest BCUT2D eigenvalue weighted by Crippen LogP contribution is -2.19. The SMILES string of the molecule is CC(C)c1cccc2sc(=O)n(CCN)c12. The second-order valence-corrected chi connectivity index (χ2v) is 5.15. The number of nitrogens with two attached hydrogens (primary N) is 1. The van der Waals surface area contributed by atoms with Gasteiger partial charge >= 0.3 is 4.87 Å². The van der Waals surface area contributed by atoms with Crippen LogP contribution in [0.5, 0.6) is 0 Å². The van der Waals surface area contributed by atoms with Gasteiger partial charge in [0.2, 0.25) is 0 Å². The zero-order valence-electron chi connectivity index (χ0n) is 9.56. The average Bonchev–Trinajstić information content (AvgIpc) is 2.55. The van der Waals surface area contributed by atoms with E-state index in [9.17, 15) is 4.79 Å². The lowest BCUT2D eigenvalue weighted by Gasteiger charge is -2.10. The zero-order valence-corrected chi connectivity index (χ0v) is 10.4. The predicted octanol–water partition coefficient (Wildman–Crippen LogP) is 2.15. The Morgan fingerprint density at radius 1 is 1.44 bits per heavy atom. The standard InChI is InChI=1S/C12H16N2OS/c1-8(2)9-4-3-5-10-11(9)14(7-6-13)12(15)16-10/h3-5,8H,6-7,13H2,1-2H3. The van der Waals surface area contributed by atoms with Crippen molar-refractivity contribution in [3.05, 3.63) is 33.4 Å². The van der Waals surface area contributed by atoms with Crippen LogP contribution < -0.4 is 10.6 Å². The summed E-state index contributed by atoms with van der Waals surface area (Å²) < 4.78 is 2.86. The minimum absolute atomic E-state index is 0.0913. The van der Waals surface area contributed by atoms with Gasteiger partial charge in [0, 0.05) is 13.1 Å². The largest absolute Gasteiger partial charge is 0.329 e. The highest BCUT2D eigenvalue weighted by Gasteiger charge is 2.12. The molecule has 0 amide bonds. The van der Waals surface area contributed by atoms with Crippen LogP contribution in [0.2, 0.25) is 0 Å². The van der Waals surface area contributed by atoms with Crippen molar-refractivity contribution in [1.82, 2.24) is 4.57 Å². The second kappa shape index (κ2) is 4.39. The number of benzene rings is 1. The van der Waals surface area contributed by atoms with Crippen LogP contribution in [0, 0.1) is 0 Å². The first kappa shape index (κ1) is 11.4. The first-order valence-electron chi connectivity index (χ1n) is 5.47. The highest BCUT2D eigenvalue weighted by atomic mass is 32.1. The summed E-state index contributed by atoms with van der Waals surface area (Å²) in [4.78, 5) is 11.9. The molecule has 1 aromatic heterocycles. The van der Waals surface area contributed by atoms with Crippen LogP contribution in [-0.2, 0) is 6.54 Å². The van der Waals surface area contributed by atoms with E-state index in [0.29, 0.717) is 19.0 Å². The van der Waals surface area contributed by atoms with Gasteiger partial charge in [0.25, 0.3) is 0 Å². The maximum absolute atomic E-state index is 11.8. The minimum atomic E-state index is 0.0913. The molecule has 0 bridgehead atoms. The molecule has 2 N–H and O–H groups in total. The van der Waals surface area contributed by atoms with E-state index in [1.54, 1.807) is 4.57 Å². The Morgan fingerprint density at radius 3 is 2.81 bits per heavy atom. The summed E-state index contributed by atoms with van der Waals surface area (Å²) >= 11 is 1.30. The quantitative estimate of drug-likeness (QED) is 0.887. The van der Waals surface area contributed by atoms with Gasteiger partial charge in [-0.2, -0.15) is 0 Å². The van der Waals surface area contributed by atoms with Crippen LogP contribution in [-0.4, -0.2) is 11.1 Å². The van der Waals surface area contributed by atoms with Gasteiger partial charge in [0.05, 0.1) is 10.2 Å². The summed E-state index contributed by atoms with van der Waals surface area (Å²) in [6.45, 7) is 5.38. The number of rotatable bonds is 3. The number of fused-ring (bicyclic) bond motifs is 1. The van der Waals surface area contributed by atoms with Crippen LogP contribution in [0.1, 0.15) is 25.3 Å². The Hall–Kier alpha value is -1.13. The predicted molar refractivity (Wildman–Crippen MR) is 69.2 cm³/mol. The van der Waals surface area contributed by atoms with E-state index in [-0.39, 0.29) is 4.87 Å². The third kappa shape index (κ3) is 1.79. The lowest BCUT2D eigenvalue weighted by atomic mass is 10.0. The number of thiazole rings is 1. The van der Waals surface area contributed by atoms with Crippen molar-refractivity contribution in [1.29, 1.82) is 0 Å². The molecule has 0 fully saturated rings. The highest BCUT2D eigenvalue weighted by Crippen LogP contribution is 2.26. The summed E-state index contributed by atoms with van der Waals surface area (Å²) in [5.41, 5.74) is 7.84. The number of nitrogens with zero attached hydrogens (tertiary/aromatic N) is 1. The molecule has 0 saturated carbocycles. The van der Waals surface area contributed by atoms with E-state index in [2.05, 4.69) is 19.9 Å². The molecule has 2 aromatic rings. The maximum Gasteiger partial charge on any atom is 0.308 e. The monoisotopic (exact) mass is 236 g/mol. The van der Waals surface area contributed by atoms with E-state index >= 15 is 0 Å². The molecule has 3 nitrogen and oxygen atoms in total. The number of aromatic nitrogens is 1. The molecular formula is C12H16N2OS. The molecule has 0 aliphatic carbocycles. The Kier molecular flexibility index (Phi) is 3.12. The Bertz CT molecular complexity index is 554. The molecule has 0 unspecified atom stereocenters. The average molecular weight is 236 g/mol. The van der Waals surface area contributed by atoms with Crippen LogP contribution in [0.15, 0.2) is 23.0 Å². The van der Waals surface area contributed by atoms with Crippen LogP contribution >= 0.6 is 11.3 Å². The molecule has 0 saturated heterocycles. The van der Waals surface area contributed by atoms with Gasteiger partial charge in [-0.25, -0.2) is 0 Å². The van der Waals surface area contributed by atoms with Gasteiger partial charge in [-0.1, -0.05) is 37.3 Å². The Labute approximate surface area is 98.5 Å². The normalized spacial score (nSPS) is 11.5. The second-order valence-electron chi connectivity index (χ2n) is 4.16. The molecule has 16 heavy (non-hydrogen) atoms. The van der Waals surface area contributed by atoms with Gasteiger partial charge in [-0.15, -0.1) is 0 Å².